The molecule has 100 valence electrons. The maximum absolute atomic E-state index is 13.6. The van der Waals surface area contributed by atoms with Crippen LogP contribution in [-0.2, 0) is 11.2 Å². The van der Waals surface area contributed by atoms with Gasteiger partial charge in [0, 0.05) is 5.56 Å². The smallest absolute Gasteiger partial charge is 0.309 e. The van der Waals surface area contributed by atoms with Crippen LogP contribution in [0.15, 0.2) is 4.47 Å². The topological polar surface area (TPSA) is 37.3 Å². The van der Waals surface area contributed by atoms with E-state index < -0.39 is 33.9 Å². The van der Waals surface area contributed by atoms with Gasteiger partial charge in [-0.05, 0) is 36.2 Å². The lowest BCUT2D eigenvalue weighted by Crippen LogP contribution is -2.27. The van der Waals surface area contributed by atoms with Crippen LogP contribution in [0.25, 0.3) is 0 Å². The van der Waals surface area contributed by atoms with Crippen molar-refractivity contribution in [2.24, 2.45) is 5.41 Å². The number of carbonyl (C=O) groups is 1. The Morgan fingerprint density at radius 1 is 1.28 bits per heavy atom. The first kappa shape index (κ1) is 15.3. The predicted octanol–water partition coefficient (Wildman–Crippen LogP) is 4.17. The minimum Gasteiger partial charge on any atom is -0.481 e. The summed E-state index contributed by atoms with van der Waals surface area (Å²) in [6.45, 7) is 2.65. The Hall–Kier alpha value is -0.750. The van der Waals surface area contributed by atoms with Gasteiger partial charge in [0.2, 0.25) is 0 Å². The number of halogens is 5. The summed E-state index contributed by atoms with van der Waals surface area (Å²) >= 11 is 8.02. The Morgan fingerprint density at radius 2 is 1.78 bits per heavy atom. The number of hydrogen-bond acceptors (Lipinski definition) is 1. The average Bonchev–Trinajstić information content (AvgIpc) is 2.29. The van der Waals surface area contributed by atoms with Crippen molar-refractivity contribution in [2.75, 3.05) is 0 Å². The van der Waals surface area contributed by atoms with Gasteiger partial charge in [0.25, 0.3) is 0 Å². The van der Waals surface area contributed by atoms with Crippen LogP contribution in [0, 0.1) is 22.9 Å². The van der Waals surface area contributed by atoms with Gasteiger partial charge in [-0.25, -0.2) is 13.2 Å². The number of aliphatic carboxylic acids is 1. The molecule has 0 aliphatic carbocycles. The third-order valence-electron chi connectivity index (χ3n) is 2.50. The number of carboxylic acid groups (broad SMARTS) is 1. The Kier molecular flexibility index (Phi) is 4.33. The zero-order chi connectivity index (χ0) is 14.2. The zero-order valence-corrected chi connectivity index (χ0v) is 11.8. The molecule has 0 radical (unpaired) electrons. The van der Waals surface area contributed by atoms with Gasteiger partial charge in [-0.15, -0.1) is 0 Å². The highest BCUT2D eigenvalue weighted by molar-refractivity contribution is 9.10. The molecule has 0 aliphatic rings. The van der Waals surface area contributed by atoms with Gasteiger partial charge in [0.05, 0.1) is 9.89 Å². The third-order valence-corrected chi connectivity index (χ3v) is 3.66. The maximum atomic E-state index is 13.6. The van der Waals surface area contributed by atoms with Crippen molar-refractivity contribution in [3.05, 3.63) is 32.5 Å². The molecular formula is C11H9BrClF3O2. The monoisotopic (exact) mass is 344 g/mol. The summed E-state index contributed by atoms with van der Waals surface area (Å²) in [6.07, 6.45) is -0.375. The Balaban J connectivity index is 3.39. The van der Waals surface area contributed by atoms with Crippen LogP contribution in [0.3, 0.4) is 0 Å². The molecule has 0 bridgehead atoms. The van der Waals surface area contributed by atoms with Crippen LogP contribution < -0.4 is 0 Å². The van der Waals surface area contributed by atoms with Crippen LogP contribution in [0.1, 0.15) is 19.4 Å². The fraction of sp³-hybridized carbons (Fsp3) is 0.364. The second-order valence-corrected chi connectivity index (χ2v) is 5.59. The largest absolute Gasteiger partial charge is 0.481 e. The van der Waals surface area contributed by atoms with Crippen LogP contribution >= 0.6 is 27.5 Å². The van der Waals surface area contributed by atoms with E-state index in [9.17, 15) is 18.0 Å². The number of carboxylic acids is 1. The fourth-order valence-electron chi connectivity index (χ4n) is 1.32. The molecule has 1 aromatic carbocycles. The highest BCUT2D eigenvalue weighted by Crippen LogP contribution is 2.36. The molecule has 0 atom stereocenters. The number of hydrogen-bond donors (Lipinski definition) is 1. The van der Waals surface area contributed by atoms with Crippen molar-refractivity contribution in [3.63, 3.8) is 0 Å². The van der Waals surface area contributed by atoms with E-state index in [1.165, 1.54) is 13.8 Å². The summed E-state index contributed by atoms with van der Waals surface area (Å²) in [5.74, 6) is -5.22. The molecule has 0 saturated heterocycles. The summed E-state index contributed by atoms with van der Waals surface area (Å²) in [4.78, 5) is 10.9. The number of rotatable bonds is 3. The van der Waals surface area contributed by atoms with E-state index in [1.807, 2.05) is 0 Å². The minimum atomic E-state index is -1.52. The Bertz CT molecular complexity index is 488. The second-order valence-electron chi connectivity index (χ2n) is 4.41. The normalized spacial score (nSPS) is 11.7. The van der Waals surface area contributed by atoms with E-state index in [2.05, 4.69) is 15.9 Å². The standard InChI is InChI=1S/C11H9BrClF3O2/c1-11(2,10(17)18)3-4-5(12)8(15)6(13)9(16)7(4)14/h3H2,1-2H3,(H,17,18). The lowest BCUT2D eigenvalue weighted by atomic mass is 9.85. The third kappa shape index (κ3) is 2.64. The molecule has 0 aromatic heterocycles. The zero-order valence-electron chi connectivity index (χ0n) is 9.45. The van der Waals surface area contributed by atoms with Crippen molar-refractivity contribution in [1.82, 2.24) is 0 Å². The summed E-state index contributed by atoms with van der Waals surface area (Å²) in [5, 5.41) is 7.96. The summed E-state index contributed by atoms with van der Waals surface area (Å²) in [7, 11) is 0. The lowest BCUT2D eigenvalue weighted by Gasteiger charge is -2.20. The number of benzene rings is 1. The molecule has 0 amide bonds. The first-order valence-electron chi connectivity index (χ1n) is 4.83. The molecule has 18 heavy (non-hydrogen) atoms. The maximum Gasteiger partial charge on any atom is 0.309 e. The van der Waals surface area contributed by atoms with Crippen molar-refractivity contribution in [2.45, 2.75) is 20.3 Å². The van der Waals surface area contributed by atoms with Gasteiger partial charge >= 0.3 is 5.97 Å². The van der Waals surface area contributed by atoms with Gasteiger partial charge in [-0.2, -0.15) is 0 Å². The molecule has 7 heteroatoms. The van der Waals surface area contributed by atoms with Gasteiger partial charge < -0.3 is 5.11 Å². The van der Waals surface area contributed by atoms with E-state index >= 15 is 0 Å². The van der Waals surface area contributed by atoms with Crippen LogP contribution in [0.2, 0.25) is 5.02 Å². The van der Waals surface area contributed by atoms with E-state index in [0.717, 1.165) is 0 Å². The molecule has 0 unspecified atom stereocenters. The van der Waals surface area contributed by atoms with E-state index in [4.69, 9.17) is 16.7 Å². The van der Waals surface area contributed by atoms with Gasteiger partial charge in [-0.3, -0.25) is 4.79 Å². The molecule has 2 nitrogen and oxygen atoms in total. The molecule has 0 fully saturated rings. The molecule has 1 aromatic rings. The van der Waals surface area contributed by atoms with Gasteiger partial charge in [-0.1, -0.05) is 11.6 Å². The van der Waals surface area contributed by atoms with Crippen molar-refractivity contribution < 1.29 is 23.1 Å². The SMILES string of the molecule is CC(C)(Cc1c(F)c(F)c(Cl)c(F)c1Br)C(=O)O. The van der Waals surface area contributed by atoms with E-state index in [1.54, 1.807) is 0 Å². The van der Waals surface area contributed by atoms with Gasteiger partial charge in [0.1, 0.15) is 5.02 Å². The highest BCUT2D eigenvalue weighted by atomic mass is 79.9. The Morgan fingerprint density at radius 3 is 2.22 bits per heavy atom. The lowest BCUT2D eigenvalue weighted by molar-refractivity contribution is -0.146. The summed E-state index contributed by atoms with van der Waals surface area (Å²) < 4.78 is 40.1. The van der Waals surface area contributed by atoms with E-state index in [0.29, 0.717) is 0 Å². The molecule has 0 saturated carbocycles. The molecule has 0 heterocycles. The van der Waals surface area contributed by atoms with Crippen LogP contribution in [-0.4, -0.2) is 11.1 Å². The van der Waals surface area contributed by atoms with Crippen LogP contribution in [0.5, 0.6) is 0 Å². The van der Waals surface area contributed by atoms with Crippen LogP contribution in [0.4, 0.5) is 13.2 Å². The fourth-order valence-corrected chi connectivity index (χ4v) is 2.13. The molecule has 1 rings (SSSR count). The van der Waals surface area contributed by atoms with Crippen molar-refractivity contribution in [3.8, 4) is 0 Å². The first-order valence-corrected chi connectivity index (χ1v) is 6.00. The molecular weight excluding hydrogens is 336 g/mol. The predicted molar refractivity (Wildman–Crippen MR) is 64.1 cm³/mol. The minimum absolute atomic E-state index is 0.360. The molecule has 0 spiro atoms. The quantitative estimate of drug-likeness (QED) is 0.659. The van der Waals surface area contributed by atoms with Crippen molar-refractivity contribution in [1.29, 1.82) is 0 Å². The second kappa shape index (κ2) is 5.09. The summed E-state index contributed by atoms with van der Waals surface area (Å²) in [6, 6.07) is 0. The van der Waals surface area contributed by atoms with Gasteiger partial charge in [0.15, 0.2) is 17.5 Å². The highest BCUT2D eigenvalue weighted by Gasteiger charge is 2.32. The summed E-state index contributed by atoms with van der Waals surface area (Å²) in [5.41, 5.74) is -1.75. The molecule has 1 N–H and O–H groups in total. The Labute approximate surface area is 115 Å². The van der Waals surface area contributed by atoms with Crippen molar-refractivity contribution >= 4 is 33.5 Å². The average molecular weight is 346 g/mol. The molecule has 0 aliphatic heterocycles. The van der Waals surface area contributed by atoms with E-state index in [-0.39, 0.29) is 16.5 Å². The first-order chi connectivity index (χ1) is 8.09.